The smallest absolute Gasteiger partial charge is 0.319 e. The number of benzene rings is 2. The maximum atomic E-state index is 12.8. The van der Waals surface area contributed by atoms with Gasteiger partial charge < -0.3 is 15.5 Å². The summed E-state index contributed by atoms with van der Waals surface area (Å²) in [5, 5.41) is 6.76. The molecule has 1 fully saturated rings. The zero-order valence-corrected chi connectivity index (χ0v) is 21.8. The van der Waals surface area contributed by atoms with E-state index in [0.29, 0.717) is 18.0 Å². The first kappa shape index (κ1) is 26.1. The molecule has 2 heterocycles. The summed E-state index contributed by atoms with van der Waals surface area (Å²) in [4.78, 5) is 19.5. The van der Waals surface area contributed by atoms with Crippen LogP contribution in [0.1, 0.15) is 37.4 Å². The third kappa shape index (κ3) is 6.81. The lowest BCUT2D eigenvalue weighted by Crippen LogP contribution is -2.46. The molecule has 0 unspecified atom stereocenters. The lowest BCUT2D eigenvalue weighted by atomic mass is 10.1. The summed E-state index contributed by atoms with van der Waals surface area (Å²) in [6.45, 7) is 6.79. The standard InChI is InChI=1S/C27H35N5O3S/c1-3-6-21-9-11-23(12-10-21)36(34,35)31-22-13-16-32(17-14-22)18-15-28-27(33)30-26-19-20(2)29-25-8-5-4-7-24(25)26/h4-5,7-12,19,22,31H,3,6,13-18H2,1-2H3,(H2,28,29,30,33). The molecule has 1 aromatic heterocycles. The lowest BCUT2D eigenvalue weighted by Gasteiger charge is -2.32. The van der Waals surface area contributed by atoms with Gasteiger partial charge in [0.1, 0.15) is 0 Å². The van der Waals surface area contributed by atoms with Gasteiger partial charge in [-0.1, -0.05) is 43.7 Å². The van der Waals surface area contributed by atoms with E-state index in [9.17, 15) is 13.2 Å². The number of para-hydroxylation sites is 1. The van der Waals surface area contributed by atoms with Crippen LogP contribution < -0.4 is 15.4 Å². The number of amides is 2. The molecule has 2 amide bonds. The molecular formula is C27H35N5O3S. The number of hydrogen-bond acceptors (Lipinski definition) is 5. The van der Waals surface area contributed by atoms with Crippen LogP contribution >= 0.6 is 0 Å². The number of fused-ring (bicyclic) bond motifs is 1. The van der Waals surface area contributed by atoms with E-state index in [1.807, 2.05) is 49.4 Å². The molecule has 0 bridgehead atoms. The molecule has 4 rings (SSSR count). The number of likely N-dealkylation sites (tertiary alicyclic amines) is 1. The van der Waals surface area contributed by atoms with Gasteiger partial charge in [0.05, 0.1) is 16.1 Å². The molecule has 3 aromatic rings. The Labute approximate surface area is 213 Å². The van der Waals surface area contributed by atoms with E-state index in [0.717, 1.165) is 66.6 Å². The van der Waals surface area contributed by atoms with E-state index >= 15 is 0 Å². The van der Waals surface area contributed by atoms with Crippen molar-refractivity contribution in [1.82, 2.24) is 19.9 Å². The average Bonchev–Trinajstić information content (AvgIpc) is 2.85. The van der Waals surface area contributed by atoms with E-state index in [2.05, 4.69) is 32.2 Å². The van der Waals surface area contributed by atoms with Crippen molar-refractivity contribution in [2.75, 3.05) is 31.5 Å². The van der Waals surface area contributed by atoms with Crippen LogP contribution in [0.3, 0.4) is 0 Å². The van der Waals surface area contributed by atoms with Crippen molar-refractivity contribution in [2.45, 2.75) is 50.5 Å². The predicted octanol–water partition coefficient (Wildman–Crippen LogP) is 4.06. The quantitative estimate of drug-likeness (QED) is 0.404. The number of carbonyl (C=O) groups is 1. The number of rotatable bonds is 9. The van der Waals surface area contributed by atoms with Gasteiger partial charge in [0.15, 0.2) is 0 Å². The van der Waals surface area contributed by atoms with Crippen molar-refractivity contribution >= 4 is 32.6 Å². The molecule has 1 aliphatic heterocycles. The summed E-state index contributed by atoms with van der Waals surface area (Å²) in [6.07, 6.45) is 3.46. The van der Waals surface area contributed by atoms with Crippen molar-refractivity contribution < 1.29 is 13.2 Å². The monoisotopic (exact) mass is 509 g/mol. The first-order chi connectivity index (χ1) is 17.3. The van der Waals surface area contributed by atoms with Crippen LogP contribution in [-0.2, 0) is 16.4 Å². The average molecular weight is 510 g/mol. The van der Waals surface area contributed by atoms with Gasteiger partial charge in [0.25, 0.3) is 0 Å². The number of hydrogen-bond donors (Lipinski definition) is 3. The number of piperidine rings is 1. The Morgan fingerprint density at radius 2 is 1.81 bits per heavy atom. The molecule has 0 aliphatic carbocycles. The van der Waals surface area contributed by atoms with Gasteiger partial charge in [-0.3, -0.25) is 4.98 Å². The van der Waals surface area contributed by atoms with Gasteiger partial charge >= 0.3 is 6.03 Å². The van der Waals surface area contributed by atoms with Crippen LogP contribution in [0.25, 0.3) is 10.9 Å². The number of anilines is 1. The highest BCUT2D eigenvalue weighted by molar-refractivity contribution is 7.89. The number of pyridine rings is 1. The largest absolute Gasteiger partial charge is 0.337 e. The molecule has 0 atom stereocenters. The molecule has 36 heavy (non-hydrogen) atoms. The highest BCUT2D eigenvalue weighted by atomic mass is 32.2. The lowest BCUT2D eigenvalue weighted by molar-refractivity contribution is 0.206. The van der Waals surface area contributed by atoms with Crippen LogP contribution in [-0.4, -0.2) is 56.6 Å². The first-order valence-electron chi connectivity index (χ1n) is 12.6. The molecule has 8 nitrogen and oxygen atoms in total. The van der Waals surface area contributed by atoms with Gasteiger partial charge in [-0.25, -0.2) is 17.9 Å². The van der Waals surface area contributed by atoms with Crippen molar-refractivity contribution in [3.8, 4) is 0 Å². The molecule has 192 valence electrons. The van der Waals surface area contributed by atoms with Crippen molar-refractivity contribution in [2.24, 2.45) is 0 Å². The number of aryl methyl sites for hydroxylation is 2. The Bertz CT molecular complexity index is 1290. The Hall–Kier alpha value is -3.01. The topological polar surface area (TPSA) is 103 Å². The molecular weight excluding hydrogens is 474 g/mol. The molecule has 0 spiro atoms. The summed E-state index contributed by atoms with van der Waals surface area (Å²) in [6, 6.07) is 16.4. The summed E-state index contributed by atoms with van der Waals surface area (Å²) in [5.74, 6) is 0. The van der Waals surface area contributed by atoms with E-state index in [1.54, 1.807) is 12.1 Å². The van der Waals surface area contributed by atoms with E-state index < -0.39 is 10.0 Å². The molecule has 1 aliphatic rings. The Morgan fingerprint density at radius 3 is 2.53 bits per heavy atom. The number of urea groups is 1. The van der Waals surface area contributed by atoms with E-state index in [-0.39, 0.29) is 12.1 Å². The fourth-order valence-corrected chi connectivity index (χ4v) is 5.90. The van der Waals surface area contributed by atoms with Crippen molar-refractivity contribution in [3.05, 3.63) is 65.9 Å². The number of nitrogens with one attached hydrogen (secondary N) is 3. The third-order valence-electron chi connectivity index (χ3n) is 6.49. The zero-order chi connectivity index (χ0) is 25.5. The fraction of sp³-hybridized carbons (Fsp3) is 0.407. The second-order valence-electron chi connectivity index (χ2n) is 9.34. The maximum absolute atomic E-state index is 12.8. The van der Waals surface area contributed by atoms with Gasteiger partial charge in [0.2, 0.25) is 10.0 Å². The summed E-state index contributed by atoms with van der Waals surface area (Å²) >= 11 is 0. The Balaban J connectivity index is 1.20. The van der Waals surface area contributed by atoms with Gasteiger partial charge in [-0.15, -0.1) is 0 Å². The third-order valence-corrected chi connectivity index (χ3v) is 8.02. The van der Waals surface area contributed by atoms with Gasteiger partial charge in [-0.05, 0) is 69.1 Å². The molecule has 0 saturated carbocycles. The summed E-state index contributed by atoms with van der Waals surface area (Å²) < 4.78 is 28.4. The minimum absolute atomic E-state index is 0.0824. The van der Waals surface area contributed by atoms with E-state index in [4.69, 9.17) is 0 Å². The van der Waals surface area contributed by atoms with Gasteiger partial charge in [0, 0.05) is 30.2 Å². The van der Waals surface area contributed by atoms with Crippen LogP contribution in [0.2, 0.25) is 0 Å². The minimum Gasteiger partial charge on any atom is -0.337 e. The van der Waals surface area contributed by atoms with Crippen LogP contribution in [0.15, 0.2) is 59.5 Å². The number of carbonyl (C=O) groups excluding carboxylic acids is 1. The van der Waals surface area contributed by atoms with Crippen LogP contribution in [0.4, 0.5) is 10.5 Å². The molecule has 9 heteroatoms. The van der Waals surface area contributed by atoms with Crippen LogP contribution in [0, 0.1) is 6.92 Å². The summed E-state index contributed by atoms with van der Waals surface area (Å²) in [5.41, 5.74) is 3.58. The molecule has 0 radical (unpaired) electrons. The first-order valence-corrected chi connectivity index (χ1v) is 14.1. The number of nitrogens with zero attached hydrogens (tertiary/aromatic N) is 2. The summed E-state index contributed by atoms with van der Waals surface area (Å²) in [7, 11) is -3.52. The second-order valence-corrected chi connectivity index (χ2v) is 11.1. The van der Waals surface area contributed by atoms with E-state index in [1.165, 1.54) is 0 Å². The SMILES string of the molecule is CCCc1ccc(S(=O)(=O)NC2CCN(CCNC(=O)Nc3cc(C)nc4ccccc34)CC2)cc1. The second kappa shape index (κ2) is 11.8. The normalized spacial score (nSPS) is 15.2. The van der Waals surface area contributed by atoms with Gasteiger partial charge in [-0.2, -0.15) is 0 Å². The fourth-order valence-electron chi connectivity index (χ4n) is 4.59. The minimum atomic E-state index is -3.52. The highest BCUT2D eigenvalue weighted by Gasteiger charge is 2.24. The van der Waals surface area contributed by atoms with Crippen molar-refractivity contribution in [1.29, 1.82) is 0 Å². The predicted molar refractivity (Wildman–Crippen MR) is 144 cm³/mol. The zero-order valence-electron chi connectivity index (χ0n) is 21.0. The number of aromatic nitrogens is 1. The van der Waals surface area contributed by atoms with Crippen LogP contribution in [0.5, 0.6) is 0 Å². The Kier molecular flexibility index (Phi) is 8.56. The highest BCUT2D eigenvalue weighted by Crippen LogP contribution is 2.22. The molecule has 1 saturated heterocycles. The number of sulfonamides is 1. The molecule has 2 aromatic carbocycles. The maximum Gasteiger partial charge on any atom is 0.319 e. The Morgan fingerprint density at radius 1 is 1.08 bits per heavy atom. The van der Waals surface area contributed by atoms with Crippen molar-refractivity contribution in [3.63, 3.8) is 0 Å². The molecule has 3 N–H and O–H groups in total.